The fourth-order valence-electron chi connectivity index (χ4n) is 1.59. The Morgan fingerprint density at radius 3 is 1.88 bits per heavy atom. The third-order valence-electron chi connectivity index (χ3n) is 2.41. The molecule has 0 bridgehead atoms. The molecule has 0 saturated carbocycles. The Morgan fingerprint density at radius 1 is 0.875 bits per heavy atom. The Balaban J connectivity index is 2.24. The second-order valence-corrected chi connectivity index (χ2v) is 3.58. The minimum absolute atomic E-state index is 0.696. The summed E-state index contributed by atoms with van der Waals surface area (Å²) in [6, 6.07) is 15.9. The predicted molar refractivity (Wildman–Crippen MR) is 67.5 cm³/mol. The van der Waals surface area contributed by atoms with E-state index in [1.165, 1.54) is 5.56 Å². The lowest BCUT2D eigenvalue weighted by Gasteiger charge is -2.05. The molecule has 0 aliphatic carbocycles. The number of ether oxygens (including phenoxy) is 1. The van der Waals surface area contributed by atoms with Crippen LogP contribution in [0.5, 0.6) is 5.75 Å². The smallest absolute Gasteiger partial charge is 0.119 e. The number of hydrogen-bond acceptors (Lipinski definition) is 2. The van der Waals surface area contributed by atoms with Crippen molar-refractivity contribution in [1.29, 1.82) is 0 Å². The van der Waals surface area contributed by atoms with Gasteiger partial charge in [-0.05, 0) is 42.3 Å². The Morgan fingerprint density at radius 2 is 1.38 bits per heavy atom. The van der Waals surface area contributed by atoms with Crippen molar-refractivity contribution in [3.05, 3.63) is 48.5 Å². The first-order valence-corrected chi connectivity index (χ1v) is 5.38. The van der Waals surface area contributed by atoms with Gasteiger partial charge in [0.25, 0.3) is 0 Å². The lowest BCUT2D eigenvalue weighted by Crippen LogP contribution is -1.90. The van der Waals surface area contributed by atoms with Crippen molar-refractivity contribution in [3.63, 3.8) is 0 Å². The van der Waals surface area contributed by atoms with Crippen LogP contribution < -0.4 is 10.5 Å². The van der Waals surface area contributed by atoms with Crippen LogP contribution >= 0.6 is 0 Å². The predicted octanol–water partition coefficient (Wildman–Crippen LogP) is 3.33. The first-order chi connectivity index (χ1) is 7.79. The average molecular weight is 213 g/mol. The molecule has 0 aliphatic rings. The van der Waals surface area contributed by atoms with Gasteiger partial charge in [0.05, 0.1) is 6.61 Å². The molecule has 0 aromatic heterocycles. The van der Waals surface area contributed by atoms with E-state index in [0.29, 0.717) is 6.61 Å². The molecule has 0 aliphatic heterocycles. The van der Waals surface area contributed by atoms with E-state index >= 15 is 0 Å². The molecule has 2 N–H and O–H groups in total. The monoisotopic (exact) mass is 213 g/mol. The molecule has 0 radical (unpaired) electrons. The van der Waals surface area contributed by atoms with Gasteiger partial charge in [0, 0.05) is 5.69 Å². The van der Waals surface area contributed by atoms with E-state index in [4.69, 9.17) is 10.5 Å². The second-order valence-electron chi connectivity index (χ2n) is 3.58. The molecule has 0 saturated heterocycles. The summed E-state index contributed by atoms with van der Waals surface area (Å²) in [7, 11) is 0. The Labute approximate surface area is 95.7 Å². The van der Waals surface area contributed by atoms with Crippen LogP contribution in [0.15, 0.2) is 48.5 Å². The molecule has 2 rings (SSSR count). The molecule has 0 amide bonds. The highest BCUT2D eigenvalue weighted by molar-refractivity contribution is 5.66. The molecule has 0 spiro atoms. The highest BCUT2D eigenvalue weighted by Gasteiger charge is 1.97. The number of benzene rings is 2. The largest absolute Gasteiger partial charge is 0.494 e. The Bertz CT molecular complexity index is 445. The Kier molecular flexibility index (Phi) is 3.10. The number of rotatable bonds is 3. The van der Waals surface area contributed by atoms with Gasteiger partial charge in [-0.2, -0.15) is 0 Å². The van der Waals surface area contributed by atoms with Crippen molar-refractivity contribution in [2.75, 3.05) is 12.3 Å². The van der Waals surface area contributed by atoms with E-state index in [2.05, 4.69) is 12.1 Å². The Hall–Kier alpha value is -1.96. The van der Waals surface area contributed by atoms with E-state index in [1.807, 2.05) is 43.3 Å². The van der Waals surface area contributed by atoms with E-state index in [9.17, 15) is 0 Å². The molecule has 2 aromatic carbocycles. The van der Waals surface area contributed by atoms with Gasteiger partial charge in [-0.25, -0.2) is 0 Å². The van der Waals surface area contributed by atoms with Crippen LogP contribution in [0.25, 0.3) is 11.1 Å². The highest BCUT2D eigenvalue weighted by atomic mass is 16.5. The van der Waals surface area contributed by atoms with Gasteiger partial charge in [0.1, 0.15) is 5.75 Å². The van der Waals surface area contributed by atoms with Crippen LogP contribution in [-0.4, -0.2) is 6.61 Å². The molecule has 0 heterocycles. The lowest BCUT2D eigenvalue weighted by atomic mass is 10.1. The van der Waals surface area contributed by atoms with Crippen LogP contribution in [0.4, 0.5) is 5.69 Å². The zero-order valence-electron chi connectivity index (χ0n) is 9.31. The zero-order chi connectivity index (χ0) is 11.4. The maximum absolute atomic E-state index is 5.65. The maximum atomic E-state index is 5.65. The fraction of sp³-hybridized carbons (Fsp3) is 0.143. The van der Waals surface area contributed by atoms with Gasteiger partial charge in [-0.3, -0.25) is 0 Å². The SMILES string of the molecule is CCOc1ccc(-c2ccc(N)cc2)cc1. The van der Waals surface area contributed by atoms with Crippen LogP contribution in [0.2, 0.25) is 0 Å². The molecule has 2 aromatic rings. The zero-order valence-corrected chi connectivity index (χ0v) is 9.31. The summed E-state index contributed by atoms with van der Waals surface area (Å²) in [5.41, 5.74) is 8.77. The normalized spacial score (nSPS) is 10.1. The minimum atomic E-state index is 0.696. The molecule has 0 unspecified atom stereocenters. The van der Waals surface area contributed by atoms with Crippen LogP contribution in [0.3, 0.4) is 0 Å². The lowest BCUT2D eigenvalue weighted by molar-refractivity contribution is 0.340. The highest BCUT2D eigenvalue weighted by Crippen LogP contribution is 2.23. The third kappa shape index (κ3) is 2.34. The van der Waals surface area contributed by atoms with Gasteiger partial charge in [0.2, 0.25) is 0 Å². The van der Waals surface area contributed by atoms with Gasteiger partial charge in [-0.15, -0.1) is 0 Å². The number of hydrogen-bond donors (Lipinski definition) is 1. The molecule has 0 fully saturated rings. The van der Waals surface area contributed by atoms with Crippen molar-refractivity contribution in [3.8, 4) is 16.9 Å². The quantitative estimate of drug-likeness (QED) is 0.794. The summed E-state index contributed by atoms with van der Waals surface area (Å²) in [4.78, 5) is 0. The molecule has 16 heavy (non-hydrogen) atoms. The summed E-state index contributed by atoms with van der Waals surface area (Å²) in [6.45, 7) is 2.68. The summed E-state index contributed by atoms with van der Waals surface area (Å²) in [6.07, 6.45) is 0. The van der Waals surface area contributed by atoms with Crippen LogP contribution in [0, 0.1) is 0 Å². The molecule has 0 atom stereocenters. The topological polar surface area (TPSA) is 35.2 Å². The van der Waals surface area contributed by atoms with Crippen molar-refractivity contribution in [1.82, 2.24) is 0 Å². The maximum Gasteiger partial charge on any atom is 0.119 e. The van der Waals surface area contributed by atoms with E-state index in [1.54, 1.807) is 0 Å². The summed E-state index contributed by atoms with van der Waals surface area (Å²) in [5, 5.41) is 0. The second kappa shape index (κ2) is 4.71. The van der Waals surface area contributed by atoms with E-state index < -0.39 is 0 Å². The van der Waals surface area contributed by atoms with Gasteiger partial charge in [-0.1, -0.05) is 24.3 Å². The minimum Gasteiger partial charge on any atom is -0.494 e. The van der Waals surface area contributed by atoms with E-state index in [-0.39, 0.29) is 0 Å². The van der Waals surface area contributed by atoms with Gasteiger partial charge in [0.15, 0.2) is 0 Å². The van der Waals surface area contributed by atoms with Crippen LogP contribution in [-0.2, 0) is 0 Å². The van der Waals surface area contributed by atoms with Gasteiger partial charge >= 0.3 is 0 Å². The standard InChI is InChI=1S/C14H15NO/c1-2-16-14-9-5-12(6-10-14)11-3-7-13(15)8-4-11/h3-10H,2,15H2,1H3. The van der Waals surface area contributed by atoms with Crippen molar-refractivity contribution in [2.24, 2.45) is 0 Å². The number of anilines is 1. The summed E-state index contributed by atoms with van der Waals surface area (Å²) >= 11 is 0. The fourth-order valence-corrected chi connectivity index (χ4v) is 1.59. The number of nitrogen functional groups attached to an aromatic ring is 1. The first kappa shape index (κ1) is 10.6. The van der Waals surface area contributed by atoms with Crippen molar-refractivity contribution in [2.45, 2.75) is 6.92 Å². The van der Waals surface area contributed by atoms with Crippen molar-refractivity contribution < 1.29 is 4.74 Å². The summed E-state index contributed by atoms with van der Waals surface area (Å²) in [5.74, 6) is 0.904. The molecular weight excluding hydrogens is 198 g/mol. The number of nitrogens with two attached hydrogens (primary N) is 1. The van der Waals surface area contributed by atoms with Crippen molar-refractivity contribution >= 4 is 5.69 Å². The molecular formula is C14H15NO. The van der Waals surface area contributed by atoms with Crippen LogP contribution in [0.1, 0.15) is 6.92 Å². The molecule has 82 valence electrons. The van der Waals surface area contributed by atoms with Gasteiger partial charge < -0.3 is 10.5 Å². The first-order valence-electron chi connectivity index (χ1n) is 5.38. The van der Waals surface area contributed by atoms with E-state index in [0.717, 1.165) is 17.0 Å². The molecule has 2 heteroatoms. The molecule has 2 nitrogen and oxygen atoms in total. The average Bonchev–Trinajstić information content (AvgIpc) is 2.32. The third-order valence-corrected chi connectivity index (χ3v) is 2.41. The summed E-state index contributed by atoms with van der Waals surface area (Å²) < 4.78 is 5.40.